The van der Waals surface area contributed by atoms with Crippen molar-refractivity contribution in [3.05, 3.63) is 156 Å². The first-order chi connectivity index (χ1) is 28.5. The lowest BCUT2D eigenvalue weighted by Crippen LogP contribution is -2.17. The van der Waals surface area contributed by atoms with Crippen LogP contribution in [0.5, 0.6) is 5.75 Å². The molecule has 3 heterocycles. The molecule has 5 nitrogen and oxygen atoms in total. The maximum atomic E-state index is 11.9. The molecule has 5 heteroatoms. The molecule has 0 radical (unpaired) electrons. The molecule has 0 aliphatic heterocycles. The molecule has 9 aromatic rings. The van der Waals surface area contributed by atoms with E-state index in [2.05, 4.69) is 212 Å². The van der Waals surface area contributed by atoms with E-state index in [4.69, 9.17) is 9.97 Å². The van der Waals surface area contributed by atoms with Crippen molar-refractivity contribution >= 4 is 32.8 Å². The molecule has 0 saturated heterocycles. The molecule has 3 aromatic heterocycles. The van der Waals surface area contributed by atoms with E-state index in [-0.39, 0.29) is 16.2 Å². The number of aromatic hydroxyl groups is 1. The Balaban J connectivity index is 1.22. The quantitative estimate of drug-likeness (QED) is 0.189. The number of benzene rings is 6. The number of nitrogens with zero attached hydrogens (tertiary/aromatic N) is 4. The first kappa shape index (κ1) is 39.0. The van der Waals surface area contributed by atoms with Crippen molar-refractivity contribution in [1.82, 2.24) is 19.1 Å². The highest BCUT2D eigenvalue weighted by Crippen LogP contribution is 2.44. The molecule has 0 atom stereocenters. The zero-order valence-electron chi connectivity index (χ0n) is 36.5. The topological polar surface area (TPSA) is 55.9 Å². The van der Waals surface area contributed by atoms with Crippen LogP contribution in [0.4, 0.5) is 0 Å². The van der Waals surface area contributed by atoms with Gasteiger partial charge in [-0.2, -0.15) is 0 Å². The van der Waals surface area contributed by atoms with Gasteiger partial charge in [0.2, 0.25) is 0 Å². The molecule has 0 saturated carbocycles. The fourth-order valence-corrected chi connectivity index (χ4v) is 8.71. The number of aromatic nitrogens is 4. The van der Waals surface area contributed by atoms with E-state index in [1.807, 2.05) is 6.20 Å². The summed E-state index contributed by atoms with van der Waals surface area (Å²) in [4.78, 5) is 10.4. The van der Waals surface area contributed by atoms with Crippen molar-refractivity contribution in [2.45, 2.75) is 78.6 Å². The summed E-state index contributed by atoms with van der Waals surface area (Å²) >= 11 is 0. The molecular weight excluding hydrogens is 733 g/mol. The Kier molecular flexibility index (Phi) is 9.16. The van der Waals surface area contributed by atoms with Crippen LogP contribution in [0.3, 0.4) is 0 Å². The molecular formula is C55H54N4O. The van der Waals surface area contributed by atoms with E-state index < -0.39 is 0 Å². The minimum absolute atomic E-state index is 0.111. The molecule has 300 valence electrons. The Morgan fingerprint density at radius 1 is 0.517 bits per heavy atom. The van der Waals surface area contributed by atoms with E-state index in [9.17, 15) is 5.11 Å². The summed E-state index contributed by atoms with van der Waals surface area (Å²) in [7, 11) is 2.05. The second-order valence-electron chi connectivity index (χ2n) is 19.5. The van der Waals surface area contributed by atoms with Gasteiger partial charge in [0.25, 0.3) is 0 Å². The highest BCUT2D eigenvalue weighted by atomic mass is 16.3. The van der Waals surface area contributed by atoms with Crippen LogP contribution in [-0.4, -0.2) is 24.2 Å². The normalized spacial score (nSPS) is 12.6. The fraction of sp³-hybridized carbons (Fsp3) is 0.236. The standard InChI is InChI=1S/C55H54N4O/c1-53(2,3)37-29-35(40-21-17-25-48-49(40)57-52(58(48)10)44-32-38(54(4,5)6)33-45(51(44)60)55(7,8)9)28-36(30-37)46-31-34(26-27-56-46)41-22-16-23-43-42-20-14-15-24-47(42)59(50(41)43)39-18-12-11-13-19-39/h11-33,60H,1-10H3. The number of rotatable bonds is 5. The highest BCUT2D eigenvalue weighted by Gasteiger charge is 2.28. The second kappa shape index (κ2) is 14.1. The molecule has 0 aliphatic carbocycles. The lowest BCUT2D eigenvalue weighted by molar-refractivity contribution is 0.446. The number of para-hydroxylation sites is 4. The Hall–Kier alpha value is -6.46. The van der Waals surface area contributed by atoms with Crippen LogP contribution in [0.1, 0.15) is 79.0 Å². The Morgan fingerprint density at radius 3 is 1.88 bits per heavy atom. The van der Waals surface area contributed by atoms with Crippen LogP contribution in [-0.2, 0) is 23.3 Å². The van der Waals surface area contributed by atoms with Crippen LogP contribution in [0.25, 0.3) is 83.4 Å². The smallest absolute Gasteiger partial charge is 0.144 e. The first-order valence-corrected chi connectivity index (χ1v) is 21.0. The van der Waals surface area contributed by atoms with Crippen molar-refractivity contribution in [2.24, 2.45) is 7.05 Å². The third kappa shape index (κ3) is 6.67. The SMILES string of the molecule is Cn1c(-c2cc(C(C)(C)C)cc(C(C)(C)C)c2O)nc2c(-c3cc(-c4cc(-c5cccc6c7ccccc7n(-c7ccccc7)c56)ccn4)cc(C(C)(C)C)c3)cccc21. The van der Waals surface area contributed by atoms with Crippen LogP contribution >= 0.6 is 0 Å². The van der Waals surface area contributed by atoms with E-state index >= 15 is 0 Å². The minimum Gasteiger partial charge on any atom is -0.507 e. The van der Waals surface area contributed by atoms with Gasteiger partial charge in [-0.3, -0.25) is 4.98 Å². The van der Waals surface area contributed by atoms with Crippen molar-refractivity contribution in [1.29, 1.82) is 0 Å². The van der Waals surface area contributed by atoms with Gasteiger partial charge < -0.3 is 14.2 Å². The molecule has 1 N–H and O–H groups in total. The van der Waals surface area contributed by atoms with Gasteiger partial charge in [-0.05, 0) is 93.1 Å². The maximum absolute atomic E-state index is 11.9. The summed E-state index contributed by atoms with van der Waals surface area (Å²) in [5.41, 5.74) is 15.3. The average molecular weight is 787 g/mol. The van der Waals surface area contributed by atoms with E-state index in [0.29, 0.717) is 5.75 Å². The lowest BCUT2D eigenvalue weighted by Gasteiger charge is -2.27. The third-order valence-electron chi connectivity index (χ3n) is 12.1. The van der Waals surface area contributed by atoms with Gasteiger partial charge in [0.15, 0.2) is 0 Å². The monoisotopic (exact) mass is 786 g/mol. The van der Waals surface area contributed by atoms with Crippen LogP contribution < -0.4 is 0 Å². The first-order valence-electron chi connectivity index (χ1n) is 21.0. The molecule has 0 unspecified atom stereocenters. The van der Waals surface area contributed by atoms with Gasteiger partial charge in [0.1, 0.15) is 11.6 Å². The van der Waals surface area contributed by atoms with Gasteiger partial charge >= 0.3 is 0 Å². The van der Waals surface area contributed by atoms with E-state index in [1.165, 1.54) is 32.9 Å². The highest BCUT2D eigenvalue weighted by molar-refractivity contribution is 6.14. The number of hydrogen-bond donors (Lipinski definition) is 1. The number of phenolic OH excluding ortho intramolecular Hbond substituents is 1. The second-order valence-corrected chi connectivity index (χ2v) is 19.5. The van der Waals surface area contributed by atoms with Crippen LogP contribution in [0.2, 0.25) is 0 Å². The van der Waals surface area contributed by atoms with Crippen LogP contribution in [0, 0.1) is 0 Å². The summed E-state index contributed by atoms with van der Waals surface area (Å²) < 4.78 is 4.52. The van der Waals surface area contributed by atoms with Gasteiger partial charge in [0, 0.05) is 52.0 Å². The fourth-order valence-electron chi connectivity index (χ4n) is 8.71. The molecule has 0 amide bonds. The van der Waals surface area contributed by atoms with Gasteiger partial charge in [-0.15, -0.1) is 0 Å². The van der Waals surface area contributed by atoms with Crippen molar-refractivity contribution < 1.29 is 5.11 Å². The average Bonchev–Trinajstić information content (AvgIpc) is 3.74. The number of phenols is 1. The number of pyridine rings is 1. The number of imidazole rings is 1. The Morgan fingerprint density at radius 2 is 1.15 bits per heavy atom. The summed E-state index contributed by atoms with van der Waals surface area (Å²) in [5, 5.41) is 14.4. The van der Waals surface area contributed by atoms with E-state index in [1.54, 1.807) is 0 Å². The van der Waals surface area contributed by atoms with Crippen molar-refractivity contribution in [3.8, 4) is 56.3 Å². The number of fused-ring (bicyclic) bond motifs is 4. The van der Waals surface area contributed by atoms with Gasteiger partial charge in [-0.1, -0.05) is 141 Å². The largest absolute Gasteiger partial charge is 0.507 e. The van der Waals surface area contributed by atoms with Crippen molar-refractivity contribution in [2.75, 3.05) is 0 Å². The lowest BCUT2D eigenvalue weighted by atomic mass is 9.79. The van der Waals surface area contributed by atoms with E-state index in [0.717, 1.165) is 67.2 Å². The number of aryl methyl sites for hydroxylation is 1. The zero-order chi connectivity index (χ0) is 42.3. The predicted octanol–water partition coefficient (Wildman–Crippen LogP) is 14.3. The maximum Gasteiger partial charge on any atom is 0.144 e. The summed E-state index contributed by atoms with van der Waals surface area (Å²) in [6.07, 6.45) is 1.94. The van der Waals surface area contributed by atoms with Gasteiger partial charge in [0.05, 0.1) is 33.3 Å². The minimum atomic E-state index is -0.252. The molecule has 6 aromatic carbocycles. The zero-order valence-corrected chi connectivity index (χ0v) is 36.5. The van der Waals surface area contributed by atoms with Crippen LogP contribution in [0.15, 0.2) is 140 Å². The molecule has 0 bridgehead atoms. The van der Waals surface area contributed by atoms with Crippen molar-refractivity contribution in [3.63, 3.8) is 0 Å². The summed E-state index contributed by atoms with van der Waals surface area (Å²) in [6, 6.07) is 47.9. The third-order valence-corrected chi connectivity index (χ3v) is 12.1. The molecule has 0 aliphatic rings. The summed E-state index contributed by atoms with van der Waals surface area (Å²) in [5.74, 6) is 1.04. The van der Waals surface area contributed by atoms with Gasteiger partial charge in [-0.25, -0.2) is 4.98 Å². The molecule has 0 spiro atoms. The molecule has 9 rings (SSSR count). The predicted molar refractivity (Wildman–Crippen MR) is 252 cm³/mol. The Bertz CT molecular complexity index is 3110. The molecule has 60 heavy (non-hydrogen) atoms. The molecule has 0 fully saturated rings. The number of hydrogen-bond acceptors (Lipinski definition) is 3. The summed E-state index contributed by atoms with van der Waals surface area (Å²) in [6.45, 7) is 19.9. The Labute approximate surface area is 354 Å².